The molecule has 0 bridgehead atoms. The van der Waals surface area contributed by atoms with Crippen molar-refractivity contribution >= 4 is 33.5 Å². The third-order valence-electron chi connectivity index (χ3n) is 2.33. The maximum Gasteiger partial charge on any atom is 0.278 e. The van der Waals surface area contributed by atoms with Crippen molar-refractivity contribution in [2.45, 2.75) is 0 Å². The monoisotopic (exact) mass is 248 g/mol. The summed E-state index contributed by atoms with van der Waals surface area (Å²) >= 11 is 1.40. The number of nitrogens with one attached hydrogen (secondary N) is 2. The van der Waals surface area contributed by atoms with Crippen molar-refractivity contribution in [3.63, 3.8) is 0 Å². The van der Waals surface area contributed by atoms with Crippen LogP contribution in [0.1, 0.15) is 0 Å². The van der Waals surface area contributed by atoms with Crippen LogP contribution in [-0.4, -0.2) is 19.9 Å². The summed E-state index contributed by atoms with van der Waals surface area (Å²) in [5.74, 6) is 0.557. The van der Waals surface area contributed by atoms with E-state index in [0.717, 1.165) is 5.56 Å². The number of nitrogens with zero attached hydrogens (tertiary/aromatic N) is 2. The van der Waals surface area contributed by atoms with Crippen molar-refractivity contribution in [2.24, 2.45) is 0 Å². The molecule has 86 valence electrons. The molecule has 3 rings (SSSR count). The van der Waals surface area contributed by atoms with Crippen molar-refractivity contribution < 1.29 is 0 Å². The second kappa shape index (κ2) is 3.32. The van der Waals surface area contributed by atoms with Gasteiger partial charge in [-0.2, -0.15) is 4.98 Å². The van der Waals surface area contributed by atoms with Crippen LogP contribution in [0.4, 0.5) is 10.9 Å². The standard InChI is InChI=1S/C9H8N6OS/c10-5-3(1-2-17-5)6-12-4-7(13-6)14-9(11)15-8(4)16/h1-2H,10H2,(H4,11,12,13,14,15,16). The summed E-state index contributed by atoms with van der Waals surface area (Å²) < 4.78 is 0. The van der Waals surface area contributed by atoms with Crippen molar-refractivity contribution in [3.8, 4) is 11.4 Å². The van der Waals surface area contributed by atoms with Gasteiger partial charge in [-0.3, -0.25) is 9.78 Å². The smallest absolute Gasteiger partial charge is 0.278 e. The number of aromatic nitrogens is 4. The molecule has 0 amide bonds. The Kier molecular flexibility index (Phi) is 1.92. The minimum Gasteiger partial charge on any atom is -0.390 e. The van der Waals surface area contributed by atoms with Crippen LogP contribution in [0, 0.1) is 0 Å². The van der Waals surface area contributed by atoms with Gasteiger partial charge in [0, 0.05) is 0 Å². The minimum atomic E-state index is -0.347. The Morgan fingerprint density at radius 2 is 2.06 bits per heavy atom. The van der Waals surface area contributed by atoms with Crippen LogP contribution < -0.4 is 17.0 Å². The molecule has 17 heavy (non-hydrogen) atoms. The van der Waals surface area contributed by atoms with Crippen LogP contribution in [-0.2, 0) is 0 Å². The zero-order chi connectivity index (χ0) is 12.0. The van der Waals surface area contributed by atoms with E-state index in [1.54, 1.807) is 0 Å². The molecule has 0 aliphatic rings. The van der Waals surface area contributed by atoms with Gasteiger partial charge in [-0.05, 0) is 11.4 Å². The normalized spacial score (nSPS) is 11.1. The highest BCUT2D eigenvalue weighted by atomic mass is 32.1. The second-order valence-corrected chi connectivity index (χ2v) is 4.38. The first kappa shape index (κ1) is 9.85. The average molecular weight is 248 g/mol. The summed E-state index contributed by atoms with van der Waals surface area (Å²) in [5.41, 5.74) is 12.2. The SMILES string of the molecule is Nc1nc2nc(-c3ccsc3N)[nH]c2c(=O)[nH]1. The van der Waals surface area contributed by atoms with Crippen LogP contribution in [0.3, 0.4) is 0 Å². The Labute approximate surface area is 98.5 Å². The quantitative estimate of drug-likeness (QED) is 0.500. The van der Waals surface area contributed by atoms with Gasteiger partial charge < -0.3 is 16.5 Å². The lowest BCUT2D eigenvalue weighted by atomic mass is 10.3. The average Bonchev–Trinajstić information content (AvgIpc) is 2.83. The number of imidazole rings is 1. The van der Waals surface area contributed by atoms with Gasteiger partial charge in [0.1, 0.15) is 5.82 Å². The number of hydrogen-bond donors (Lipinski definition) is 4. The fraction of sp³-hybridized carbons (Fsp3) is 0. The number of nitrogens with two attached hydrogens (primary N) is 2. The summed E-state index contributed by atoms with van der Waals surface area (Å²) in [4.78, 5) is 25.0. The molecule has 0 atom stereocenters. The molecule has 6 N–H and O–H groups in total. The molecule has 0 unspecified atom stereocenters. The molecule has 0 radical (unpaired) electrons. The highest BCUT2D eigenvalue weighted by Gasteiger charge is 2.12. The van der Waals surface area contributed by atoms with Crippen LogP contribution in [0.15, 0.2) is 16.2 Å². The molecule has 8 heteroatoms. The van der Waals surface area contributed by atoms with Crippen LogP contribution in [0.2, 0.25) is 0 Å². The number of nitrogen functional groups attached to an aromatic ring is 2. The Hall–Kier alpha value is -2.35. The molecule has 0 fully saturated rings. The van der Waals surface area contributed by atoms with Gasteiger partial charge in [0.05, 0.1) is 10.6 Å². The number of rotatable bonds is 1. The summed E-state index contributed by atoms with van der Waals surface area (Å²) in [6.45, 7) is 0. The van der Waals surface area contributed by atoms with Gasteiger partial charge in [0.25, 0.3) is 5.56 Å². The number of H-pyrrole nitrogens is 2. The molecule has 0 aliphatic carbocycles. The third kappa shape index (κ3) is 1.46. The van der Waals surface area contributed by atoms with Gasteiger partial charge in [-0.1, -0.05) is 0 Å². The molecule has 0 saturated carbocycles. The van der Waals surface area contributed by atoms with Crippen LogP contribution in [0.5, 0.6) is 0 Å². The number of aromatic amines is 2. The number of thiophene rings is 1. The van der Waals surface area contributed by atoms with Crippen LogP contribution in [0.25, 0.3) is 22.6 Å². The molecule has 0 saturated heterocycles. The Bertz CT molecular complexity index is 754. The van der Waals surface area contributed by atoms with E-state index in [9.17, 15) is 4.79 Å². The van der Waals surface area contributed by atoms with Gasteiger partial charge in [0.15, 0.2) is 11.2 Å². The highest BCUT2D eigenvalue weighted by molar-refractivity contribution is 7.14. The fourth-order valence-electron chi connectivity index (χ4n) is 1.57. The van der Waals surface area contributed by atoms with E-state index in [2.05, 4.69) is 19.9 Å². The van der Waals surface area contributed by atoms with Crippen molar-refractivity contribution in [1.82, 2.24) is 19.9 Å². The molecular formula is C9H8N6OS. The lowest BCUT2D eigenvalue weighted by Gasteiger charge is -1.91. The first-order valence-corrected chi connectivity index (χ1v) is 5.62. The molecule has 3 aromatic rings. The zero-order valence-corrected chi connectivity index (χ0v) is 9.34. The van der Waals surface area contributed by atoms with Crippen molar-refractivity contribution in [1.29, 1.82) is 0 Å². The van der Waals surface area contributed by atoms with Gasteiger partial charge >= 0.3 is 0 Å². The summed E-state index contributed by atoms with van der Waals surface area (Å²) in [5, 5.41) is 2.48. The van der Waals surface area contributed by atoms with Crippen molar-refractivity contribution in [2.75, 3.05) is 11.5 Å². The predicted molar refractivity (Wildman–Crippen MR) is 66.6 cm³/mol. The molecule has 0 aliphatic heterocycles. The Morgan fingerprint density at radius 1 is 1.24 bits per heavy atom. The molecule has 3 heterocycles. The van der Waals surface area contributed by atoms with E-state index in [0.29, 0.717) is 16.3 Å². The topological polar surface area (TPSA) is 126 Å². The number of fused-ring (bicyclic) bond motifs is 1. The molecular weight excluding hydrogens is 240 g/mol. The second-order valence-electron chi connectivity index (χ2n) is 3.43. The van der Waals surface area contributed by atoms with Gasteiger partial charge in [0.2, 0.25) is 5.95 Å². The predicted octanol–water partition coefficient (Wildman–Crippen LogP) is 0.539. The summed E-state index contributed by atoms with van der Waals surface area (Å²) in [7, 11) is 0. The van der Waals surface area contributed by atoms with E-state index < -0.39 is 0 Å². The molecule has 0 aromatic carbocycles. The zero-order valence-electron chi connectivity index (χ0n) is 8.52. The Morgan fingerprint density at radius 3 is 2.76 bits per heavy atom. The lowest BCUT2D eigenvalue weighted by Crippen LogP contribution is -2.10. The highest BCUT2D eigenvalue weighted by Crippen LogP contribution is 2.28. The first-order valence-electron chi connectivity index (χ1n) is 4.74. The van der Waals surface area contributed by atoms with E-state index in [1.807, 2.05) is 11.4 Å². The largest absolute Gasteiger partial charge is 0.390 e. The van der Waals surface area contributed by atoms with E-state index in [1.165, 1.54) is 11.3 Å². The summed E-state index contributed by atoms with van der Waals surface area (Å²) in [6.07, 6.45) is 0. The van der Waals surface area contributed by atoms with E-state index in [-0.39, 0.29) is 17.2 Å². The third-order valence-corrected chi connectivity index (χ3v) is 3.08. The molecule has 3 aromatic heterocycles. The fourth-order valence-corrected chi connectivity index (χ4v) is 2.21. The van der Waals surface area contributed by atoms with E-state index in [4.69, 9.17) is 11.5 Å². The number of anilines is 2. The minimum absolute atomic E-state index is 0.0406. The maximum absolute atomic E-state index is 11.6. The summed E-state index contributed by atoms with van der Waals surface area (Å²) in [6, 6.07) is 1.83. The molecule has 0 spiro atoms. The lowest BCUT2D eigenvalue weighted by molar-refractivity contribution is 1.17. The van der Waals surface area contributed by atoms with Gasteiger partial charge in [-0.15, -0.1) is 11.3 Å². The van der Waals surface area contributed by atoms with E-state index >= 15 is 0 Å². The Balaban J connectivity index is 2.31. The first-order chi connectivity index (χ1) is 8.15. The maximum atomic E-state index is 11.6. The molecule has 7 nitrogen and oxygen atoms in total. The van der Waals surface area contributed by atoms with Crippen LogP contribution >= 0.6 is 11.3 Å². The number of hydrogen-bond acceptors (Lipinski definition) is 6. The van der Waals surface area contributed by atoms with Crippen molar-refractivity contribution in [3.05, 3.63) is 21.8 Å². The van der Waals surface area contributed by atoms with Gasteiger partial charge in [-0.25, -0.2) is 4.98 Å².